The van der Waals surface area contributed by atoms with Gasteiger partial charge >= 0.3 is 0 Å². The zero-order valence-electron chi connectivity index (χ0n) is 11.2. The van der Waals surface area contributed by atoms with Crippen molar-refractivity contribution in [2.24, 2.45) is 5.73 Å². The summed E-state index contributed by atoms with van der Waals surface area (Å²) in [6.45, 7) is 1.98. The first-order valence-corrected chi connectivity index (χ1v) is 7.74. The number of primary amides is 1. The molecule has 6 heteroatoms. The number of nitrogens with two attached hydrogens (primary N) is 1. The van der Waals surface area contributed by atoms with Crippen molar-refractivity contribution in [1.82, 2.24) is 0 Å². The Morgan fingerprint density at radius 3 is 2.52 bits per heavy atom. The Morgan fingerprint density at radius 1 is 1.19 bits per heavy atom. The fraction of sp³-hybridized carbons (Fsp3) is 0.133. The lowest BCUT2D eigenvalue weighted by Gasteiger charge is -2.18. The van der Waals surface area contributed by atoms with Crippen LogP contribution in [0.15, 0.2) is 40.9 Å². The van der Waals surface area contributed by atoms with Crippen molar-refractivity contribution < 1.29 is 4.79 Å². The minimum absolute atomic E-state index is 0.0347. The molecule has 0 aliphatic heterocycles. The Balaban J connectivity index is 2.25. The van der Waals surface area contributed by atoms with Gasteiger partial charge in [0.1, 0.15) is 0 Å². The second-order valence-electron chi connectivity index (χ2n) is 4.59. The molecule has 3 N–H and O–H groups in total. The number of hydrogen-bond donors (Lipinski definition) is 2. The van der Waals surface area contributed by atoms with Crippen LogP contribution in [-0.4, -0.2) is 5.91 Å². The lowest BCUT2D eigenvalue weighted by atomic mass is 10.1. The van der Waals surface area contributed by atoms with E-state index in [-0.39, 0.29) is 11.6 Å². The first-order chi connectivity index (χ1) is 9.88. The zero-order valence-corrected chi connectivity index (χ0v) is 14.3. The summed E-state index contributed by atoms with van der Waals surface area (Å²) in [7, 11) is 0. The van der Waals surface area contributed by atoms with Crippen LogP contribution in [0.1, 0.15) is 28.9 Å². The van der Waals surface area contributed by atoms with Gasteiger partial charge in [-0.3, -0.25) is 4.79 Å². The van der Waals surface area contributed by atoms with Gasteiger partial charge in [0.15, 0.2) is 0 Å². The molecule has 0 spiro atoms. The molecule has 0 heterocycles. The van der Waals surface area contributed by atoms with E-state index in [1.54, 1.807) is 18.2 Å². The Morgan fingerprint density at radius 2 is 1.90 bits per heavy atom. The standard InChI is InChI=1S/C15H13BrCl2N2O/c1-8(11-4-2-9(16)6-14(11)18)20-10-3-5-13(17)12(7-10)15(19)21/h2-8,20H,1H3,(H2,19,21). The summed E-state index contributed by atoms with van der Waals surface area (Å²) < 4.78 is 0.922. The summed E-state index contributed by atoms with van der Waals surface area (Å²) in [6.07, 6.45) is 0. The third kappa shape index (κ3) is 3.90. The van der Waals surface area contributed by atoms with E-state index < -0.39 is 5.91 Å². The van der Waals surface area contributed by atoms with Gasteiger partial charge in [-0.15, -0.1) is 0 Å². The molecule has 2 rings (SSSR count). The monoisotopic (exact) mass is 386 g/mol. The van der Waals surface area contributed by atoms with Crippen LogP contribution in [0.3, 0.4) is 0 Å². The summed E-state index contributed by atoms with van der Waals surface area (Å²) in [4.78, 5) is 11.3. The number of benzene rings is 2. The van der Waals surface area contributed by atoms with E-state index in [9.17, 15) is 4.79 Å². The molecule has 0 bridgehead atoms. The van der Waals surface area contributed by atoms with Crippen LogP contribution >= 0.6 is 39.1 Å². The zero-order chi connectivity index (χ0) is 15.6. The van der Waals surface area contributed by atoms with Crippen molar-refractivity contribution in [2.45, 2.75) is 13.0 Å². The van der Waals surface area contributed by atoms with Gasteiger partial charge in [-0.2, -0.15) is 0 Å². The average molecular weight is 388 g/mol. The van der Waals surface area contributed by atoms with Crippen LogP contribution in [-0.2, 0) is 0 Å². The first kappa shape index (κ1) is 16.1. The van der Waals surface area contributed by atoms with E-state index in [1.807, 2.05) is 25.1 Å². The largest absolute Gasteiger partial charge is 0.378 e. The molecule has 0 aromatic heterocycles. The van der Waals surface area contributed by atoms with Crippen LogP contribution in [0.2, 0.25) is 10.0 Å². The smallest absolute Gasteiger partial charge is 0.250 e. The number of nitrogens with one attached hydrogen (secondary N) is 1. The molecule has 0 saturated carbocycles. The molecule has 0 radical (unpaired) electrons. The van der Waals surface area contributed by atoms with Crippen molar-refractivity contribution in [3.63, 3.8) is 0 Å². The molecule has 0 fully saturated rings. The molecule has 0 aliphatic rings. The second-order valence-corrected chi connectivity index (χ2v) is 6.32. The number of rotatable bonds is 4. The van der Waals surface area contributed by atoms with Gasteiger partial charge in [-0.25, -0.2) is 0 Å². The quantitative estimate of drug-likeness (QED) is 0.772. The molecule has 2 aromatic rings. The molecule has 110 valence electrons. The molecular formula is C15H13BrCl2N2O. The first-order valence-electron chi connectivity index (χ1n) is 6.19. The predicted octanol–water partition coefficient (Wildman–Crippen LogP) is 5.03. The number of carbonyl (C=O) groups excluding carboxylic acids is 1. The van der Waals surface area contributed by atoms with Crippen molar-refractivity contribution in [2.75, 3.05) is 5.32 Å². The third-order valence-electron chi connectivity index (χ3n) is 3.04. The van der Waals surface area contributed by atoms with Gasteiger partial charge in [-0.05, 0) is 42.8 Å². The highest BCUT2D eigenvalue weighted by atomic mass is 79.9. The summed E-state index contributed by atoms with van der Waals surface area (Å²) in [5, 5.41) is 4.27. The molecule has 3 nitrogen and oxygen atoms in total. The van der Waals surface area contributed by atoms with E-state index in [0.717, 1.165) is 15.7 Å². The Hall–Kier alpha value is -1.23. The Bertz CT molecular complexity index is 691. The van der Waals surface area contributed by atoms with Crippen molar-refractivity contribution in [3.8, 4) is 0 Å². The van der Waals surface area contributed by atoms with Crippen LogP contribution < -0.4 is 11.1 Å². The molecule has 2 aromatic carbocycles. The number of halogens is 3. The molecule has 1 amide bonds. The van der Waals surface area contributed by atoms with Crippen molar-refractivity contribution in [1.29, 1.82) is 0 Å². The summed E-state index contributed by atoms with van der Waals surface area (Å²) in [6, 6.07) is 10.7. The molecular weight excluding hydrogens is 375 g/mol. The van der Waals surface area contributed by atoms with E-state index in [0.29, 0.717) is 10.0 Å². The average Bonchev–Trinajstić information content (AvgIpc) is 2.40. The second kappa shape index (κ2) is 6.69. The van der Waals surface area contributed by atoms with Gasteiger partial charge in [0.25, 0.3) is 0 Å². The maximum atomic E-state index is 11.3. The van der Waals surface area contributed by atoms with Crippen molar-refractivity contribution >= 4 is 50.7 Å². The topological polar surface area (TPSA) is 55.1 Å². The van der Waals surface area contributed by atoms with Crippen LogP contribution in [0.4, 0.5) is 5.69 Å². The van der Waals surface area contributed by atoms with Crippen LogP contribution in [0.5, 0.6) is 0 Å². The van der Waals surface area contributed by atoms with E-state index in [4.69, 9.17) is 28.9 Å². The molecule has 1 unspecified atom stereocenters. The fourth-order valence-electron chi connectivity index (χ4n) is 1.98. The molecule has 0 aliphatic carbocycles. The maximum Gasteiger partial charge on any atom is 0.250 e. The number of anilines is 1. The van der Waals surface area contributed by atoms with Gasteiger partial charge in [0.05, 0.1) is 10.6 Å². The predicted molar refractivity (Wildman–Crippen MR) is 91.2 cm³/mol. The minimum Gasteiger partial charge on any atom is -0.378 e. The third-order valence-corrected chi connectivity index (χ3v) is 4.19. The maximum absolute atomic E-state index is 11.3. The molecule has 0 saturated heterocycles. The summed E-state index contributed by atoms with van der Waals surface area (Å²) in [5.74, 6) is -0.557. The van der Waals surface area contributed by atoms with Gasteiger partial charge in [0.2, 0.25) is 5.91 Å². The van der Waals surface area contributed by atoms with Gasteiger partial charge in [0, 0.05) is 21.2 Å². The SMILES string of the molecule is CC(Nc1ccc(Cl)c(C(N)=O)c1)c1ccc(Br)cc1Cl. The lowest BCUT2D eigenvalue weighted by Crippen LogP contribution is -2.13. The van der Waals surface area contributed by atoms with E-state index >= 15 is 0 Å². The van der Waals surface area contributed by atoms with Crippen LogP contribution in [0.25, 0.3) is 0 Å². The summed E-state index contributed by atoms with van der Waals surface area (Å²) >= 11 is 15.5. The van der Waals surface area contributed by atoms with E-state index in [2.05, 4.69) is 21.2 Å². The molecule has 1 atom stereocenters. The number of hydrogen-bond acceptors (Lipinski definition) is 2. The van der Waals surface area contributed by atoms with Gasteiger partial charge < -0.3 is 11.1 Å². The number of carbonyl (C=O) groups is 1. The minimum atomic E-state index is -0.557. The van der Waals surface area contributed by atoms with Gasteiger partial charge in [-0.1, -0.05) is 45.2 Å². The highest BCUT2D eigenvalue weighted by Crippen LogP contribution is 2.29. The van der Waals surface area contributed by atoms with E-state index in [1.165, 1.54) is 0 Å². The summed E-state index contributed by atoms with van der Waals surface area (Å²) in [5.41, 5.74) is 7.28. The lowest BCUT2D eigenvalue weighted by molar-refractivity contribution is 0.100. The fourth-order valence-corrected chi connectivity index (χ4v) is 3.03. The highest BCUT2D eigenvalue weighted by Gasteiger charge is 2.12. The normalized spacial score (nSPS) is 12.0. The Labute approximate surface area is 141 Å². The van der Waals surface area contributed by atoms with Crippen molar-refractivity contribution in [3.05, 3.63) is 62.0 Å². The Kier molecular flexibility index (Phi) is 5.14. The number of amides is 1. The highest BCUT2D eigenvalue weighted by molar-refractivity contribution is 9.10. The molecule has 21 heavy (non-hydrogen) atoms. The van der Waals surface area contributed by atoms with Crippen LogP contribution in [0, 0.1) is 0 Å².